The van der Waals surface area contributed by atoms with Crippen molar-refractivity contribution in [3.63, 3.8) is 0 Å². The van der Waals surface area contributed by atoms with Gasteiger partial charge in [-0.1, -0.05) is 49.6 Å². The summed E-state index contributed by atoms with van der Waals surface area (Å²) in [5.41, 5.74) is 0.314. The number of nitrogens with one attached hydrogen (secondary N) is 1. The molecule has 2 aromatic rings. The van der Waals surface area contributed by atoms with E-state index in [1.807, 2.05) is 18.2 Å². The van der Waals surface area contributed by atoms with E-state index in [1.54, 1.807) is 36.4 Å². The largest absolute Gasteiger partial charge is 0.455 e. The molecule has 174 valence electrons. The van der Waals surface area contributed by atoms with Gasteiger partial charge < -0.3 is 14.8 Å². The van der Waals surface area contributed by atoms with Gasteiger partial charge in [0.05, 0.1) is 18.0 Å². The molecule has 0 unspecified atom stereocenters. The second kappa shape index (κ2) is 11.9. The number of carbonyl (C=O) groups is 1. The standard InChI is InChI=1S/C24H32N2O5S/c1-32(28,29)26(19-24(27)25-17-10-18-30-20-11-4-2-5-12-20)22-15-8-9-16-23(22)31-21-13-6-3-7-14-21/h3,6-9,13-16,20H,2,4-5,10-12,17-19H2,1H3,(H,25,27). The lowest BCUT2D eigenvalue weighted by Crippen LogP contribution is -2.41. The summed E-state index contributed by atoms with van der Waals surface area (Å²) in [5.74, 6) is 0.566. The van der Waals surface area contributed by atoms with Crippen LogP contribution in [0.25, 0.3) is 0 Å². The maximum absolute atomic E-state index is 12.5. The third kappa shape index (κ3) is 7.53. The fraction of sp³-hybridized carbons (Fsp3) is 0.458. The van der Waals surface area contributed by atoms with E-state index < -0.39 is 10.0 Å². The van der Waals surface area contributed by atoms with E-state index in [9.17, 15) is 13.2 Å². The number of benzene rings is 2. The van der Waals surface area contributed by atoms with Crippen LogP contribution in [0.5, 0.6) is 11.5 Å². The summed E-state index contributed by atoms with van der Waals surface area (Å²) in [6.45, 7) is 0.706. The Morgan fingerprint density at radius 2 is 1.72 bits per heavy atom. The van der Waals surface area contributed by atoms with Crippen molar-refractivity contribution in [1.82, 2.24) is 5.32 Å². The number of ether oxygens (including phenoxy) is 2. The van der Waals surface area contributed by atoms with Crippen molar-refractivity contribution in [3.05, 3.63) is 54.6 Å². The summed E-state index contributed by atoms with van der Waals surface area (Å²) < 4.78 is 37.8. The molecule has 7 nitrogen and oxygen atoms in total. The number of para-hydroxylation sites is 3. The molecular formula is C24H32N2O5S. The summed E-state index contributed by atoms with van der Waals surface area (Å²) in [6, 6.07) is 15.9. The summed E-state index contributed by atoms with van der Waals surface area (Å²) in [6.07, 6.45) is 8.05. The van der Waals surface area contributed by atoms with Crippen molar-refractivity contribution in [2.24, 2.45) is 0 Å². The first-order chi connectivity index (χ1) is 15.4. The maximum atomic E-state index is 12.5. The third-order valence-electron chi connectivity index (χ3n) is 5.34. The number of rotatable bonds is 11. The van der Waals surface area contributed by atoms with E-state index in [1.165, 1.54) is 19.3 Å². The summed E-state index contributed by atoms with van der Waals surface area (Å²) in [7, 11) is -3.71. The summed E-state index contributed by atoms with van der Waals surface area (Å²) in [5, 5.41) is 2.80. The van der Waals surface area contributed by atoms with E-state index >= 15 is 0 Å². The molecular weight excluding hydrogens is 428 g/mol. The molecule has 0 bridgehead atoms. The lowest BCUT2D eigenvalue weighted by Gasteiger charge is -2.24. The van der Waals surface area contributed by atoms with E-state index in [4.69, 9.17) is 9.47 Å². The number of hydrogen-bond donors (Lipinski definition) is 1. The first-order valence-electron chi connectivity index (χ1n) is 11.1. The van der Waals surface area contributed by atoms with Crippen molar-refractivity contribution >= 4 is 21.6 Å². The van der Waals surface area contributed by atoms with Crippen LogP contribution in [0.2, 0.25) is 0 Å². The quantitative estimate of drug-likeness (QED) is 0.510. The van der Waals surface area contributed by atoms with Crippen LogP contribution in [0, 0.1) is 0 Å². The van der Waals surface area contributed by atoms with Crippen molar-refractivity contribution in [3.8, 4) is 11.5 Å². The molecule has 1 aliphatic carbocycles. The SMILES string of the molecule is CS(=O)(=O)N(CC(=O)NCCCOC1CCCCC1)c1ccccc1Oc1ccccc1. The van der Waals surface area contributed by atoms with Crippen LogP contribution in [-0.4, -0.2) is 46.4 Å². The molecule has 2 aromatic carbocycles. The zero-order valence-corrected chi connectivity index (χ0v) is 19.4. The smallest absolute Gasteiger partial charge is 0.240 e. The molecule has 3 rings (SSSR count). The topological polar surface area (TPSA) is 84.9 Å². The molecule has 0 spiro atoms. The number of hydrogen-bond acceptors (Lipinski definition) is 5. The van der Waals surface area contributed by atoms with Crippen LogP contribution in [0.3, 0.4) is 0 Å². The zero-order chi connectivity index (χ0) is 22.8. The molecule has 0 heterocycles. The highest BCUT2D eigenvalue weighted by molar-refractivity contribution is 7.92. The molecule has 1 fully saturated rings. The molecule has 0 radical (unpaired) electrons. The van der Waals surface area contributed by atoms with Gasteiger partial charge in [0.2, 0.25) is 15.9 Å². The molecule has 32 heavy (non-hydrogen) atoms. The van der Waals surface area contributed by atoms with Crippen molar-refractivity contribution in [2.75, 3.05) is 30.3 Å². The predicted octanol–water partition coefficient (Wildman–Crippen LogP) is 4.10. The van der Waals surface area contributed by atoms with Gasteiger partial charge in [0.1, 0.15) is 12.3 Å². The Morgan fingerprint density at radius 1 is 1.03 bits per heavy atom. The van der Waals surface area contributed by atoms with Crippen LogP contribution in [0.1, 0.15) is 38.5 Å². The molecule has 0 aliphatic heterocycles. The van der Waals surface area contributed by atoms with E-state index in [0.717, 1.165) is 23.4 Å². The second-order valence-electron chi connectivity index (χ2n) is 7.99. The van der Waals surface area contributed by atoms with Gasteiger partial charge in [-0.2, -0.15) is 0 Å². The average molecular weight is 461 g/mol. The molecule has 0 atom stereocenters. The molecule has 0 saturated heterocycles. The van der Waals surface area contributed by atoms with E-state index in [2.05, 4.69) is 5.32 Å². The van der Waals surface area contributed by atoms with Crippen molar-refractivity contribution in [2.45, 2.75) is 44.6 Å². The Morgan fingerprint density at radius 3 is 2.44 bits per heavy atom. The highest BCUT2D eigenvalue weighted by Gasteiger charge is 2.24. The number of carbonyl (C=O) groups excluding carboxylic acids is 1. The van der Waals surface area contributed by atoms with Crippen molar-refractivity contribution < 1.29 is 22.7 Å². The predicted molar refractivity (Wildman–Crippen MR) is 126 cm³/mol. The van der Waals surface area contributed by atoms with Crippen LogP contribution in [-0.2, 0) is 19.6 Å². The summed E-state index contributed by atoms with van der Waals surface area (Å²) >= 11 is 0. The van der Waals surface area contributed by atoms with Gasteiger partial charge in [-0.05, 0) is 43.5 Å². The molecule has 1 saturated carbocycles. The molecule has 1 aliphatic rings. The molecule has 1 N–H and O–H groups in total. The van der Waals surface area contributed by atoms with Crippen LogP contribution in [0.15, 0.2) is 54.6 Å². The number of amides is 1. The van der Waals surface area contributed by atoms with Crippen LogP contribution >= 0.6 is 0 Å². The number of nitrogens with zero attached hydrogens (tertiary/aromatic N) is 1. The third-order valence-corrected chi connectivity index (χ3v) is 6.47. The van der Waals surface area contributed by atoms with E-state index in [-0.39, 0.29) is 12.5 Å². The Kier molecular flexibility index (Phi) is 8.93. The highest BCUT2D eigenvalue weighted by atomic mass is 32.2. The van der Waals surface area contributed by atoms with Gasteiger partial charge in [0, 0.05) is 13.2 Å². The first kappa shape index (κ1) is 24.1. The minimum Gasteiger partial charge on any atom is -0.455 e. The minimum absolute atomic E-state index is 0.314. The van der Waals surface area contributed by atoms with Crippen LogP contribution < -0.4 is 14.4 Å². The minimum atomic E-state index is -3.71. The molecule has 0 aromatic heterocycles. The van der Waals surface area contributed by atoms with Crippen molar-refractivity contribution in [1.29, 1.82) is 0 Å². The number of anilines is 1. The Bertz CT molecular complexity index is 959. The fourth-order valence-electron chi connectivity index (χ4n) is 3.71. The van der Waals surface area contributed by atoms with Gasteiger partial charge in [-0.25, -0.2) is 8.42 Å². The summed E-state index contributed by atoms with van der Waals surface area (Å²) in [4.78, 5) is 12.5. The van der Waals surface area contributed by atoms with Gasteiger partial charge in [0.15, 0.2) is 5.75 Å². The average Bonchev–Trinajstić information content (AvgIpc) is 2.78. The first-order valence-corrected chi connectivity index (χ1v) is 13.0. The molecule has 1 amide bonds. The lowest BCUT2D eigenvalue weighted by atomic mass is 9.98. The lowest BCUT2D eigenvalue weighted by molar-refractivity contribution is -0.119. The van der Waals surface area contributed by atoms with Gasteiger partial charge in [0.25, 0.3) is 0 Å². The normalized spacial score (nSPS) is 14.7. The van der Waals surface area contributed by atoms with Gasteiger partial charge >= 0.3 is 0 Å². The Labute approximate surface area is 190 Å². The second-order valence-corrected chi connectivity index (χ2v) is 9.89. The van der Waals surface area contributed by atoms with Gasteiger partial charge in [-0.3, -0.25) is 9.10 Å². The van der Waals surface area contributed by atoms with E-state index in [0.29, 0.717) is 42.9 Å². The fourth-order valence-corrected chi connectivity index (χ4v) is 4.57. The zero-order valence-electron chi connectivity index (χ0n) is 18.5. The monoisotopic (exact) mass is 460 g/mol. The maximum Gasteiger partial charge on any atom is 0.240 e. The Hall–Kier alpha value is -2.58. The molecule has 8 heteroatoms. The Balaban J connectivity index is 1.57. The van der Waals surface area contributed by atoms with Gasteiger partial charge in [-0.15, -0.1) is 0 Å². The van der Waals surface area contributed by atoms with Crippen LogP contribution in [0.4, 0.5) is 5.69 Å². The number of sulfonamides is 1. The highest BCUT2D eigenvalue weighted by Crippen LogP contribution is 2.33.